The van der Waals surface area contributed by atoms with Gasteiger partial charge < -0.3 is 15.3 Å². The molecule has 20 heavy (non-hydrogen) atoms. The first kappa shape index (κ1) is 16.4. The Labute approximate surface area is 119 Å². The van der Waals surface area contributed by atoms with Crippen LogP contribution in [0.4, 0.5) is 17.8 Å². The number of nitrogens with two attached hydrogens (primary N) is 1. The van der Waals surface area contributed by atoms with Gasteiger partial charge in [0.1, 0.15) is 0 Å². The van der Waals surface area contributed by atoms with E-state index in [1.807, 2.05) is 18.7 Å². The van der Waals surface area contributed by atoms with Crippen molar-refractivity contribution in [3.05, 3.63) is 0 Å². The number of nitrogen functional groups attached to an aromatic ring is 1. The van der Waals surface area contributed by atoms with Crippen LogP contribution in [-0.4, -0.2) is 46.3 Å². The summed E-state index contributed by atoms with van der Waals surface area (Å²) in [5, 5.41) is 12.0. The molecule has 0 bridgehead atoms. The molecule has 0 spiro atoms. The molecule has 0 aliphatic heterocycles. The van der Waals surface area contributed by atoms with Gasteiger partial charge in [0.2, 0.25) is 17.8 Å². The molecule has 8 nitrogen and oxygen atoms in total. The van der Waals surface area contributed by atoms with Crippen LogP contribution in [0.3, 0.4) is 0 Å². The van der Waals surface area contributed by atoms with E-state index >= 15 is 0 Å². The van der Waals surface area contributed by atoms with Crippen molar-refractivity contribution in [3.63, 3.8) is 0 Å². The maximum Gasteiger partial charge on any atom is 0.243 e. The van der Waals surface area contributed by atoms with Gasteiger partial charge in [0.15, 0.2) is 0 Å². The molecule has 5 N–H and O–H groups in total. The smallest absolute Gasteiger partial charge is 0.243 e. The van der Waals surface area contributed by atoms with Crippen molar-refractivity contribution in [2.45, 2.75) is 27.2 Å². The summed E-state index contributed by atoms with van der Waals surface area (Å²) >= 11 is 0. The van der Waals surface area contributed by atoms with Crippen LogP contribution >= 0.6 is 0 Å². The number of aliphatic hydroxyl groups excluding tert-OH is 1. The SMILES string of the molecule is CCN(CC)c1nc(NN)nc(NCC(C)CCO)n1. The monoisotopic (exact) mass is 283 g/mol. The maximum atomic E-state index is 8.89. The summed E-state index contributed by atoms with van der Waals surface area (Å²) in [6.07, 6.45) is 0.739. The van der Waals surface area contributed by atoms with E-state index in [0.29, 0.717) is 30.3 Å². The molecule has 0 saturated heterocycles. The number of hydrogen-bond donors (Lipinski definition) is 4. The van der Waals surface area contributed by atoms with E-state index in [2.05, 4.69) is 32.6 Å². The van der Waals surface area contributed by atoms with E-state index in [0.717, 1.165) is 19.5 Å². The van der Waals surface area contributed by atoms with Gasteiger partial charge in [-0.1, -0.05) is 6.92 Å². The number of hydrazine groups is 1. The molecule has 0 amide bonds. The van der Waals surface area contributed by atoms with Crippen LogP contribution < -0.4 is 21.5 Å². The number of hydrogen-bond acceptors (Lipinski definition) is 8. The Morgan fingerprint density at radius 3 is 2.40 bits per heavy atom. The minimum absolute atomic E-state index is 0.181. The van der Waals surface area contributed by atoms with Crippen LogP contribution in [0.15, 0.2) is 0 Å². The average molecular weight is 283 g/mol. The quantitative estimate of drug-likeness (QED) is 0.381. The molecule has 1 heterocycles. The van der Waals surface area contributed by atoms with E-state index in [-0.39, 0.29) is 6.61 Å². The Morgan fingerprint density at radius 1 is 1.20 bits per heavy atom. The molecule has 8 heteroatoms. The normalized spacial score (nSPS) is 12.1. The number of nitrogens with zero attached hydrogens (tertiary/aromatic N) is 4. The molecule has 0 aliphatic carbocycles. The molecule has 0 fully saturated rings. The summed E-state index contributed by atoms with van der Waals surface area (Å²) in [6, 6.07) is 0. The highest BCUT2D eigenvalue weighted by molar-refractivity contribution is 5.43. The van der Waals surface area contributed by atoms with Crippen molar-refractivity contribution in [2.24, 2.45) is 11.8 Å². The van der Waals surface area contributed by atoms with Gasteiger partial charge in [0.25, 0.3) is 0 Å². The van der Waals surface area contributed by atoms with Crippen LogP contribution in [0, 0.1) is 5.92 Å². The molecule has 0 aliphatic rings. The van der Waals surface area contributed by atoms with Crippen molar-refractivity contribution in [3.8, 4) is 0 Å². The minimum atomic E-state index is 0.181. The molecule has 0 aromatic carbocycles. The van der Waals surface area contributed by atoms with Gasteiger partial charge >= 0.3 is 0 Å². The first-order valence-electron chi connectivity index (χ1n) is 6.96. The number of rotatable bonds is 9. The summed E-state index contributed by atoms with van der Waals surface area (Å²) in [6.45, 7) is 8.62. The number of aliphatic hydroxyl groups is 1. The van der Waals surface area contributed by atoms with Crippen LogP contribution in [-0.2, 0) is 0 Å². The van der Waals surface area contributed by atoms with E-state index in [4.69, 9.17) is 10.9 Å². The lowest BCUT2D eigenvalue weighted by molar-refractivity contribution is 0.265. The first-order valence-corrected chi connectivity index (χ1v) is 6.96. The molecule has 114 valence electrons. The summed E-state index contributed by atoms with van der Waals surface area (Å²) in [4.78, 5) is 14.8. The minimum Gasteiger partial charge on any atom is -0.396 e. The molecule has 0 radical (unpaired) electrons. The fourth-order valence-electron chi connectivity index (χ4n) is 1.74. The van der Waals surface area contributed by atoms with Crippen LogP contribution in [0.25, 0.3) is 0 Å². The molecule has 1 unspecified atom stereocenters. The predicted octanol–water partition coefficient (Wildman–Crippen LogP) is 0.434. The van der Waals surface area contributed by atoms with Gasteiger partial charge in [0.05, 0.1) is 0 Å². The molecule has 1 aromatic rings. The number of aromatic nitrogens is 3. The van der Waals surface area contributed by atoms with Crippen molar-refractivity contribution in [2.75, 3.05) is 41.9 Å². The summed E-state index contributed by atoms with van der Waals surface area (Å²) < 4.78 is 0. The topological polar surface area (TPSA) is 112 Å². The highest BCUT2D eigenvalue weighted by Gasteiger charge is 2.11. The van der Waals surface area contributed by atoms with Crippen molar-refractivity contribution in [1.82, 2.24) is 15.0 Å². The van der Waals surface area contributed by atoms with E-state index in [1.165, 1.54) is 0 Å². The van der Waals surface area contributed by atoms with E-state index in [9.17, 15) is 0 Å². The zero-order valence-corrected chi connectivity index (χ0v) is 12.4. The third-order valence-electron chi connectivity index (χ3n) is 3.03. The molecule has 1 atom stereocenters. The Morgan fingerprint density at radius 2 is 1.85 bits per heavy atom. The highest BCUT2D eigenvalue weighted by atomic mass is 16.3. The van der Waals surface area contributed by atoms with Gasteiger partial charge in [-0.3, -0.25) is 5.43 Å². The summed E-state index contributed by atoms with van der Waals surface area (Å²) in [5.74, 6) is 7.14. The first-order chi connectivity index (χ1) is 9.64. The second-order valence-corrected chi connectivity index (χ2v) is 4.60. The Bertz CT molecular complexity index is 397. The van der Waals surface area contributed by atoms with Crippen LogP contribution in [0.5, 0.6) is 0 Å². The highest BCUT2D eigenvalue weighted by Crippen LogP contribution is 2.13. The van der Waals surface area contributed by atoms with Gasteiger partial charge in [-0.25, -0.2) is 5.84 Å². The Hall–Kier alpha value is -1.67. The lowest BCUT2D eigenvalue weighted by Gasteiger charge is -2.20. The summed E-state index contributed by atoms with van der Waals surface area (Å²) in [5.41, 5.74) is 2.45. The third kappa shape index (κ3) is 4.78. The molecule has 1 rings (SSSR count). The van der Waals surface area contributed by atoms with Crippen LogP contribution in [0.2, 0.25) is 0 Å². The van der Waals surface area contributed by atoms with E-state index < -0.39 is 0 Å². The van der Waals surface area contributed by atoms with Gasteiger partial charge in [0, 0.05) is 26.2 Å². The second kappa shape index (κ2) is 8.49. The fraction of sp³-hybridized carbons (Fsp3) is 0.750. The average Bonchev–Trinajstić information content (AvgIpc) is 2.46. The van der Waals surface area contributed by atoms with Crippen molar-refractivity contribution in [1.29, 1.82) is 0 Å². The number of nitrogens with one attached hydrogen (secondary N) is 2. The van der Waals surface area contributed by atoms with Crippen molar-refractivity contribution < 1.29 is 5.11 Å². The molecular formula is C12H25N7O. The lowest BCUT2D eigenvalue weighted by Crippen LogP contribution is -2.26. The van der Waals surface area contributed by atoms with Gasteiger partial charge in [-0.05, 0) is 26.2 Å². The zero-order valence-electron chi connectivity index (χ0n) is 12.4. The van der Waals surface area contributed by atoms with Crippen molar-refractivity contribution >= 4 is 17.8 Å². The zero-order chi connectivity index (χ0) is 15.0. The maximum absolute atomic E-state index is 8.89. The fourth-order valence-corrected chi connectivity index (χ4v) is 1.74. The Balaban J connectivity index is 2.82. The summed E-state index contributed by atoms with van der Waals surface area (Å²) in [7, 11) is 0. The lowest BCUT2D eigenvalue weighted by atomic mass is 10.1. The van der Waals surface area contributed by atoms with Crippen LogP contribution in [0.1, 0.15) is 27.2 Å². The molecule has 0 saturated carbocycles. The second-order valence-electron chi connectivity index (χ2n) is 4.60. The molecule has 1 aromatic heterocycles. The largest absolute Gasteiger partial charge is 0.396 e. The van der Waals surface area contributed by atoms with E-state index in [1.54, 1.807) is 0 Å². The van der Waals surface area contributed by atoms with Gasteiger partial charge in [-0.2, -0.15) is 15.0 Å². The predicted molar refractivity (Wildman–Crippen MR) is 80.6 cm³/mol. The Kier molecular flexibility index (Phi) is 6.96. The molecular weight excluding hydrogens is 258 g/mol. The standard InChI is InChI=1S/C12H25N7O/c1-4-19(5-2)12-16-10(15-11(17-12)18-13)14-8-9(3)6-7-20/h9,20H,4-8,13H2,1-3H3,(H2,14,15,16,17,18). The van der Waals surface area contributed by atoms with Gasteiger partial charge in [-0.15, -0.1) is 0 Å². The number of anilines is 3. The third-order valence-corrected chi connectivity index (χ3v) is 3.03.